The minimum atomic E-state index is -0.427. The molecule has 1 amide bonds. The average molecular weight is 562 g/mol. The number of benzene rings is 1. The molecular weight excluding hydrogens is 527 g/mol. The minimum absolute atomic E-state index is 0. The lowest BCUT2D eigenvalue weighted by Gasteiger charge is -2.26. The first-order valence-corrected chi connectivity index (χ1v) is 10.6. The Labute approximate surface area is 206 Å². The number of nitro benzene ring substituents is 1. The summed E-state index contributed by atoms with van der Waals surface area (Å²) in [5.74, 6) is 0.412. The van der Waals surface area contributed by atoms with E-state index in [-0.39, 0.29) is 47.7 Å². The number of nitrogens with one attached hydrogen (secondary N) is 3. The Morgan fingerprint density at radius 3 is 2.44 bits per heavy atom. The van der Waals surface area contributed by atoms with Crippen LogP contribution in [0.25, 0.3) is 0 Å². The number of carbonyl (C=O) groups is 1. The first-order valence-electron chi connectivity index (χ1n) is 10.6. The summed E-state index contributed by atoms with van der Waals surface area (Å²) in [5, 5.41) is 20.0. The number of non-ortho nitro benzene ring substituents is 1. The van der Waals surface area contributed by atoms with Crippen molar-refractivity contribution in [1.29, 1.82) is 0 Å². The number of hydrogen-bond acceptors (Lipinski definition) is 6. The van der Waals surface area contributed by atoms with E-state index >= 15 is 0 Å². The number of rotatable bonds is 9. The fourth-order valence-corrected chi connectivity index (χ4v) is 3.03. The monoisotopic (exact) mass is 562 g/mol. The van der Waals surface area contributed by atoms with E-state index < -0.39 is 4.92 Å². The van der Waals surface area contributed by atoms with E-state index in [4.69, 9.17) is 4.74 Å². The molecule has 1 fully saturated rings. The summed E-state index contributed by atoms with van der Waals surface area (Å²) in [5.41, 5.74) is 0.589. The molecule has 1 aromatic carbocycles. The van der Waals surface area contributed by atoms with Gasteiger partial charge in [-0.3, -0.25) is 19.8 Å². The first kappa shape index (κ1) is 28.0. The van der Waals surface area contributed by atoms with Crippen molar-refractivity contribution in [2.24, 2.45) is 4.99 Å². The number of halogens is 1. The number of guanidine groups is 1. The van der Waals surface area contributed by atoms with Crippen LogP contribution >= 0.6 is 24.0 Å². The van der Waals surface area contributed by atoms with Gasteiger partial charge in [-0.15, -0.1) is 24.0 Å². The summed E-state index contributed by atoms with van der Waals surface area (Å²) < 4.78 is 5.37. The van der Waals surface area contributed by atoms with Crippen LogP contribution in [-0.4, -0.2) is 73.2 Å². The zero-order valence-corrected chi connectivity index (χ0v) is 21.4. The first-order chi connectivity index (χ1) is 14.7. The molecule has 0 atom stereocenters. The van der Waals surface area contributed by atoms with Crippen LogP contribution in [0.1, 0.15) is 32.8 Å². The fourth-order valence-electron chi connectivity index (χ4n) is 3.03. The van der Waals surface area contributed by atoms with Crippen LogP contribution in [0, 0.1) is 10.1 Å². The second-order valence-electron chi connectivity index (χ2n) is 8.47. The highest BCUT2D eigenvalue weighted by Crippen LogP contribution is 2.12. The second-order valence-corrected chi connectivity index (χ2v) is 8.47. The molecule has 10 nitrogen and oxygen atoms in total. The highest BCUT2D eigenvalue weighted by atomic mass is 127. The zero-order valence-electron chi connectivity index (χ0n) is 19.1. The molecule has 1 aliphatic heterocycles. The van der Waals surface area contributed by atoms with Gasteiger partial charge in [0, 0.05) is 37.3 Å². The van der Waals surface area contributed by atoms with Gasteiger partial charge in [0.2, 0.25) is 5.91 Å². The molecule has 0 unspecified atom stereocenters. The molecule has 0 aromatic heterocycles. The van der Waals surface area contributed by atoms with E-state index in [1.165, 1.54) is 12.1 Å². The lowest BCUT2D eigenvalue weighted by molar-refractivity contribution is -0.384. The van der Waals surface area contributed by atoms with Crippen molar-refractivity contribution in [3.05, 3.63) is 39.9 Å². The van der Waals surface area contributed by atoms with Crippen molar-refractivity contribution >= 4 is 41.5 Å². The molecule has 1 aromatic rings. The molecule has 0 spiro atoms. The Morgan fingerprint density at radius 2 is 1.84 bits per heavy atom. The van der Waals surface area contributed by atoms with Crippen LogP contribution in [0.15, 0.2) is 29.3 Å². The number of morpholine rings is 1. The van der Waals surface area contributed by atoms with Gasteiger partial charge in [0.05, 0.1) is 31.2 Å². The lowest BCUT2D eigenvalue weighted by Crippen LogP contribution is -2.48. The van der Waals surface area contributed by atoms with Gasteiger partial charge in [0.25, 0.3) is 5.69 Å². The Hall–Kier alpha value is -1.99. The molecule has 1 aliphatic rings. The standard InChI is InChI=1S/C21H34N6O4.HI/c1-21(2,3)25-19(28)16-24-20(22-9-4-10-26-11-13-31-14-12-26)23-15-17-5-7-18(8-6-17)27(29)30;/h5-8H,4,9-16H2,1-3H3,(H,25,28)(H2,22,23,24);1H. The third-order valence-corrected chi connectivity index (χ3v) is 4.54. The normalized spacial score (nSPS) is 14.9. The van der Waals surface area contributed by atoms with E-state index in [0.29, 0.717) is 19.0 Å². The van der Waals surface area contributed by atoms with E-state index in [9.17, 15) is 14.9 Å². The molecule has 2 rings (SSSR count). The molecule has 0 bridgehead atoms. The number of hydrogen-bond donors (Lipinski definition) is 3. The van der Waals surface area contributed by atoms with E-state index in [1.807, 2.05) is 20.8 Å². The van der Waals surface area contributed by atoms with Crippen LogP contribution in [-0.2, 0) is 16.1 Å². The Bertz CT molecular complexity index is 746. The van der Waals surface area contributed by atoms with Gasteiger partial charge in [-0.05, 0) is 39.3 Å². The predicted octanol–water partition coefficient (Wildman–Crippen LogP) is 1.88. The molecule has 0 radical (unpaired) electrons. The van der Waals surface area contributed by atoms with Crippen molar-refractivity contribution < 1.29 is 14.5 Å². The van der Waals surface area contributed by atoms with E-state index in [0.717, 1.165) is 44.8 Å². The van der Waals surface area contributed by atoms with Gasteiger partial charge in [-0.2, -0.15) is 0 Å². The highest BCUT2D eigenvalue weighted by molar-refractivity contribution is 14.0. The molecule has 11 heteroatoms. The summed E-state index contributed by atoms with van der Waals surface area (Å²) in [6, 6.07) is 6.29. The van der Waals surface area contributed by atoms with E-state index in [1.54, 1.807) is 12.1 Å². The smallest absolute Gasteiger partial charge is 0.269 e. The minimum Gasteiger partial charge on any atom is -0.379 e. The Morgan fingerprint density at radius 1 is 1.19 bits per heavy atom. The number of aliphatic imine (C=N–C) groups is 1. The van der Waals surface area contributed by atoms with E-state index in [2.05, 4.69) is 25.8 Å². The van der Waals surface area contributed by atoms with Crippen molar-refractivity contribution in [2.45, 2.75) is 39.3 Å². The van der Waals surface area contributed by atoms with Crippen LogP contribution in [0.4, 0.5) is 5.69 Å². The molecule has 0 saturated carbocycles. The molecule has 180 valence electrons. The largest absolute Gasteiger partial charge is 0.379 e. The molecule has 1 saturated heterocycles. The molecule has 32 heavy (non-hydrogen) atoms. The van der Waals surface area contributed by atoms with Gasteiger partial charge in [0.15, 0.2) is 5.96 Å². The van der Waals surface area contributed by atoms with Gasteiger partial charge in [-0.25, -0.2) is 4.99 Å². The average Bonchev–Trinajstić information content (AvgIpc) is 2.72. The van der Waals surface area contributed by atoms with Gasteiger partial charge in [0.1, 0.15) is 0 Å². The van der Waals surface area contributed by atoms with Crippen molar-refractivity contribution in [1.82, 2.24) is 20.9 Å². The van der Waals surface area contributed by atoms with Crippen molar-refractivity contribution in [3.63, 3.8) is 0 Å². The predicted molar refractivity (Wildman–Crippen MR) is 135 cm³/mol. The quantitative estimate of drug-likeness (QED) is 0.105. The van der Waals surface area contributed by atoms with Crippen LogP contribution in [0.2, 0.25) is 0 Å². The van der Waals surface area contributed by atoms with Crippen LogP contribution in [0.5, 0.6) is 0 Å². The number of carbonyl (C=O) groups excluding carboxylic acids is 1. The maximum atomic E-state index is 12.1. The topological polar surface area (TPSA) is 121 Å². The maximum absolute atomic E-state index is 12.1. The summed E-state index contributed by atoms with van der Waals surface area (Å²) in [4.78, 5) is 29.4. The molecule has 0 aliphatic carbocycles. The van der Waals surface area contributed by atoms with Gasteiger partial charge < -0.3 is 20.7 Å². The molecule has 3 N–H and O–H groups in total. The summed E-state index contributed by atoms with van der Waals surface area (Å²) in [6.45, 7) is 11.4. The number of nitro groups is 1. The second kappa shape index (κ2) is 14.2. The fraction of sp³-hybridized carbons (Fsp3) is 0.619. The van der Waals surface area contributed by atoms with Crippen molar-refractivity contribution in [3.8, 4) is 0 Å². The molecule has 1 heterocycles. The number of nitrogens with zero attached hydrogens (tertiary/aromatic N) is 3. The third kappa shape index (κ3) is 11.6. The van der Waals surface area contributed by atoms with Crippen LogP contribution < -0.4 is 16.0 Å². The third-order valence-electron chi connectivity index (χ3n) is 4.54. The zero-order chi connectivity index (χ0) is 22.7. The summed E-state index contributed by atoms with van der Waals surface area (Å²) in [6.07, 6.45) is 0.937. The van der Waals surface area contributed by atoms with Gasteiger partial charge in [-0.1, -0.05) is 12.1 Å². The highest BCUT2D eigenvalue weighted by Gasteiger charge is 2.14. The van der Waals surface area contributed by atoms with Crippen molar-refractivity contribution in [2.75, 3.05) is 45.9 Å². The summed E-state index contributed by atoms with van der Waals surface area (Å²) >= 11 is 0. The Balaban J connectivity index is 0.00000512. The van der Waals surface area contributed by atoms with Gasteiger partial charge >= 0.3 is 0 Å². The van der Waals surface area contributed by atoms with Crippen LogP contribution in [0.3, 0.4) is 0 Å². The molecular formula is C21H35IN6O4. The number of ether oxygens (including phenoxy) is 1. The number of amides is 1. The lowest BCUT2D eigenvalue weighted by atomic mass is 10.1. The SMILES string of the molecule is CC(C)(C)NC(=O)CNC(=NCc1ccc([N+](=O)[O-])cc1)NCCCN1CCOCC1.I. The summed E-state index contributed by atoms with van der Waals surface area (Å²) in [7, 11) is 0. The Kier molecular flexibility index (Phi) is 12.5. The maximum Gasteiger partial charge on any atom is 0.269 e.